The number of hydrogen-bond donors (Lipinski definition) is 0. The van der Waals surface area contributed by atoms with Crippen LogP contribution in [0.2, 0.25) is 10.3 Å². The molecule has 0 saturated carbocycles. The smallest absolute Gasteiger partial charge is 0.229 e. The normalized spacial score (nSPS) is 10.5. The molecule has 0 atom stereocenters. The maximum atomic E-state index is 5.99. The molecule has 3 nitrogen and oxygen atoms in total. The van der Waals surface area contributed by atoms with Gasteiger partial charge in [0.1, 0.15) is 6.33 Å². The van der Waals surface area contributed by atoms with Crippen LogP contribution in [0.5, 0.6) is 0 Å². The van der Waals surface area contributed by atoms with Crippen LogP contribution in [0.1, 0.15) is 5.56 Å². The first kappa shape index (κ1) is 9.49. The van der Waals surface area contributed by atoms with Crippen LogP contribution in [0.4, 0.5) is 0 Å². The van der Waals surface area contributed by atoms with Crippen LogP contribution in [0.15, 0.2) is 24.5 Å². The van der Waals surface area contributed by atoms with Gasteiger partial charge in [0.25, 0.3) is 0 Å². The molecule has 1 heterocycles. The topological polar surface area (TPSA) is 30.7 Å². The van der Waals surface area contributed by atoms with E-state index in [9.17, 15) is 0 Å². The third kappa shape index (κ3) is 1.61. The second kappa shape index (κ2) is 3.59. The van der Waals surface area contributed by atoms with Gasteiger partial charge in [-0.05, 0) is 36.2 Å². The van der Waals surface area contributed by atoms with Gasteiger partial charge in [0.15, 0.2) is 0 Å². The number of nitrogens with zero attached hydrogens (tertiary/aromatic N) is 3. The van der Waals surface area contributed by atoms with E-state index >= 15 is 0 Å². The molecular weight excluding hydrogens is 221 g/mol. The largest absolute Gasteiger partial charge is 0.272 e. The lowest BCUT2D eigenvalue weighted by atomic mass is 10.2. The van der Waals surface area contributed by atoms with Gasteiger partial charge in [-0.3, -0.25) is 4.57 Å². The first-order valence-electron chi connectivity index (χ1n) is 4.00. The van der Waals surface area contributed by atoms with Crippen LogP contribution in [0.3, 0.4) is 0 Å². The number of benzene rings is 1. The molecule has 0 aliphatic rings. The lowest BCUT2D eigenvalue weighted by Crippen LogP contribution is -1.92. The number of aromatic nitrogens is 3. The molecule has 0 saturated heterocycles. The van der Waals surface area contributed by atoms with Gasteiger partial charge < -0.3 is 0 Å². The molecule has 2 aromatic rings. The van der Waals surface area contributed by atoms with E-state index in [4.69, 9.17) is 23.2 Å². The highest BCUT2D eigenvalue weighted by Gasteiger charge is 2.04. The van der Waals surface area contributed by atoms with E-state index < -0.39 is 0 Å². The third-order valence-electron chi connectivity index (χ3n) is 1.94. The minimum absolute atomic E-state index is 0.324. The second-order valence-electron chi connectivity index (χ2n) is 2.90. The Morgan fingerprint density at radius 2 is 2.07 bits per heavy atom. The van der Waals surface area contributed by atoms with E-state index in [-0.39, 0.29) is 0 Å². The van der Waals surface area contributed by atoms with Crippen molar-refractivity contribution in [1.29, 1.82) is 0 Å². The zero-order chi connectivity index (χ0) is 10.1. The van der Waals surface area contributed by atoms with Crippen LogP contribution < -0.4 is 0 Å². The minimum Gasteiger partial charge on any atom is -0.272 e. The summed E-state index contributed by atoms with van der Waals surface area (Å²) in [5.41, 5.74) is 1.88. The minimum atomic E-state index is 0.324. The molecule has 0 N–H and O–H groups in total. The lowest BCUT2D eigenvalue weighted by molar-refractivity contribution is 1.05. The van der Waals surface area contributed by atoms with E-state index in [0.717, 1.165) is 11.3 Å². The van der Waals surface area contributed by atoms with Crippen molar-refractivity contribution < 1.29 is 0 Å². The van der Waals surface area contributed by atoms with Crippen molar-refractivity contribution in [1.82, 2.24) is 14.8 Å². The number of aryl methyl sites for hydroxylation is 1. The standard InChI is InChI=1S/C9H7Cl2N3/c1-6-2-3-7(4-8(6)10)14-5-12-13-9(14)11/h2-5H,1H3. The van der Waals surface area contributed by atoms with E-state index in [0.29, 0.717) is 10.3 Å². The first-order chi connectivity index (χ1) is 6.68. The zero-order valence-electron chi connectivity index (χ0n) is 7.41. The molecule has 5 heteroatoms. The maximum Gasteiger partial charge on any atom is 0.229 e. The SMILES string of the molecule is Cc1ccc(-n2cnnc2Cl)cc1Cl. The number of rotatable bonds is 1. The molecule has 72 valence electrons. The summed E-state index contributed by atoms with van der Waals surface area (Å²) in [5.74, 6) is 0. The summed E-state index contributed by atoms with van der Waals surface area (Å²) in [7, 11) is 0. The van der Waals surface area contributed by atoms with Crippen molar-refractivity contribution >= 4 is 23.2 Å². The van der Waals surface area contributed by atoms with Gasteiger partial charge >= 0.3 is 0 Å². The van der Waals surface area contributed by atoms with E-state index in [1.165, 1.54) is 0 Å². The average molecular weight is 228 g/mol. The van der Waals surface area contributed by atoms with Crippen LogP contribution >= 0.6 is 23.2 Å². The lowest BCUT2D eigenvalue weighted by Gasteiger charge is -2.04. The summed E-state index contributed by atoms with van der Waals surface area (Å²) in [4.78, 5) is 0. The Bertz CT molecular complexity index is 465. The van der Waals surface area contributed by atoms with Crippen molar-refractivity contribution in [3.8, 4) is 5.69 Å². The summed E-state index contributed by atoms with van der Waals surface area (Å²) < 4.78 is 1.66. The molecule has 14 heavy (non-hydrogen) atoms. The number of halogens is 2. The second-order valence-corrected chi connectivity index (χ2v) is 3.65. The summed E-state index contributed by atoms with van der Waals surface area (Å²) in [6, 6.07) is 5.66. The van der Waals surface area contributed by atoms with Crippen molar-refractivity contribution in [2.75, 3.05) is 0 Å². The van der Waals surface area contributed by atoms with Crippen molar-refractivity contribution in [3.05, 3.63) is 40.4 Å². The Morgan fingerprint density at radius 3 is 2.64 bits per heavy atom. The highest BCUT2D eigenvalue weighted by molar-refractivity contribution is 6.31. The summed E-state index contributed by atoms with van der Waals surface area (Å²) in [6.07, 6.45) is 1.54. The highest BCUT2D eigenvalue weighted by atomic mass is 35.5. The first-order valence-corrected chi connectivity index (χ1v) is 4.76. The predicted molar refractivity (Wildman–Crippen MR) is 56.1 cm³/mol. The van der Waals surface area contributed by atoms with Gasteiger partial charge in [0.2, 0.25) is 5.28 Å². The summed E-state index contributed by atoms with van der Waals surface area (Å²) in [6.45, 7) is 1.94. The van der Waals surface area contributed by atoms with Crippen LogP contribution in [0, 0.1) is 6.92 Å². The monoisotopic (exact) mass is 227 g/mol. The van der Waals surface area contributed by atoms with Gasteiger partial charge in [0, 0.05) is 5.02 Å². The molecule has 2 rings (SSSR count). The Balaban J connectivity index is 2.53. The fourth-order valence-corrected chi connectivity index (χ4v) is 1.49. The fraction of sp³-hybridized carbons (Fsp3) is 0.111. The van der Waals surface area contributed by atoms with Gasteiger partial charge in [-0.15, -0.1) is 10.2 Å². The fourth-order valence-electron chi connectivity index (χ4n) is 1.13. The third-order valence-corrected chi connectivity index (χ3v) is 2.60. The average Bonchev–Trinajstić information content (AvgIpc) is 2.57. The molecular formula is C9H7Cl2N3. The predicted octanol–water partition coefficient (Wildman–Crippen LogP) is 2.88. The molecule has 0 amide bonds. The Labute approximate surface area is 91.3 Å². The molecule has 0 bridgehead atoms. The van der Waals surface area contributed by atoms with Crippen LogP contribution in [-0.4, -0.2) is 14.8 Å². The Kier molecular flexibility index (Phi) is 2.44. The molecule has 0 unspecified atom stereocenters. The Hall–Kier alpha value is -1.06. The molecule has 1 aromatic heterocycles. The molecule has 0 aliphatic heterocycles. The van der Waals surface area contributed by atoms with Gasteiger partial charge in [-0.25, -0.2) is 0 Å². The maximum absolute atomic E-state index is 5.99. The summed E-state index contributed by atoms with van der Waals surface area (Å²) >= 11 is 11.8. The molecule has 0 aliphatic carbocycles. The number of hydrogen-bond acceptors (Lipinski definition) is 2. The van der Waals surface area contributed by atoms with Crippen molar-refractivity contribution in [3.63, 3.8) is 0 Å². The molecule has 0 fully saturated rings. The van der Waals surface area contributed by atoms with Gasteiger partial charge in [0.05, 0.1) is 5.69 Å². The molecule has 0 radical (unpaired) electrons. The quantitative estimate of drug-likeness (QED) is 0.751. The molecule has 0 spiro atoms. The van der Waals surface area contributed by atoms with E-state index in [2.05, 4.69) is 10.2 Å². The van der Waals surface area contributed by atoms with Gasteiger partial charge in [-0.2, -0.15) is 0 Å². The van der Waals surface area contributed by atoms with E-state index in [1.54, 1.807) is 10.9 Å². The molecule has 1 aromatic carbocycles. The van der Waals surface area contributed by atoms with E-state index in [1.807, 2.05) is 25.1 Å². The summed E-state index contributed by atoms with van der Waals surface area (Å²) in [5, 5.41) is 8.39. The zero-order valence-corrected chi connectivity index (χ0v) is 8.92. The van der Waals surface area contributed by atoms with Crippen molar-refractivity contribution in [2.45, 2.75) is 6.92 Å². The van der Waals surface area contributed by atoms with Gasteiger partial charge in [-0.1, -0.05) is 17.7 Å². The highest BCUT2D eigenvalue weighted by Crippen LogP contribution is 2.20. The van der Waals surface area contributed by atoms with Crippen molar-refractivity contribution in [2.24, 2.45) is 0 Å². The van der Waals surface area contributed by atoms with Crippen LogP contribution in [-0.2, 0) is 0 Å². The Morgan fingerprint density at radius 1 is 1.29 bits per heavy atom. The van der Waals surface area contributed by atoms with Crippen LogP contribution in [0.25, 0.3) is 5.69 Å².